The summed E-state index contributed by atoms with van der Waals surface area (Å²) in [5, 5.41) is 2.73. The molecule has 0 aromatic rings. The number of amides is 2. The van der Waals surface area contributed by atoms with E-state index in [9.17, 15) is 9.59 Å². The SMILES string of the molecule is C=CC(=O)NCCCCN(C)C.C=CC(N)=O. The van der Waals surface area contributed by atoms with Gasteiger partial charge >= 0.3 is 0 Å². The number of hydrogen-bond acceptors (Lipinski definition) is 3. The molecule has 0 saturated carbocycles. The number of nitrogens with one attached hydrogen (secondary N) is 1. The van der Waals surface area contributed by atoms with Crippen LogP contribution in [0.25, 0.3) is 0 Å². The van der Waals surface area contributed by atoms with Gasteiger partial charge in [0.15, 0.2) is 0 Å². The fraction of sp³-hybridized carbons (Fsp3) is 0.500. The predicted molar refractivity (Wildman–Crippen MR) is 70.4 cm³/mol. The highest BCUT2D eigenvalue weighted by Gasteiger charge is 1.93. The van der Waals surface area contributed by atoms with E-state index in [0.717, 1.165) is 32.0 Å². The lowest BCUT2D eigenvalue weighted by Crippen LogP contribution is -2.23. The number of nitrogens with two attached hydrogens (primary N) is 1. The molecule has 0 aromatic carbocycles. The van der Waals surface area contributed by atoms with Crippen molar-refractivity contribution in [3.8, 4) is 0 Å². The van der Waals surface area contributed by atoms with Gasteiger partial charge in [-0.05, 0) is 45.6 Å². The Morgan fingerprint density at radius 3 is 2.12 bits per heavy atom. The summed E-state index contributed by atoms with van der Waals surface area (Å²) in [6.07, 6.45) is 4.49. The molecular formula is C12H23N3O2. The second-order valence-corrected chi connectivity index (χ2v) is 3.61. The van der Waals surface area contributed by atoms with E-state index in [1.807, 2.05) is 14.1 Å². The monoisotopic (exact) mass is 241 g/mol. The number of carbonyl (C=O) groups is 2. The van der Waals surface area contributed by atoms with E-state index in [4.69, 9.17) is 0 Å². The second kappa shape index (κ2) is 12.4. The molecule has 0 atom stereocenters. The molecule has 0 bridgehead atoms. The molecule has 3 N–H and O–H groups in total. The van der Waals surface area contributed by atoms with E-state index in [1.165, 1.54) is 6.08 Å². The molecule has 0 aliphatic heterocycles. The van der Waals surface area contributed by atoms with E-state index >= 15 is 0 Å². The zero-order valence-corrected chi connectivity index (χ0v) is 10.7. The molecule has 0 rings (SSSR count). The predicted octanol–water partition coefficient (Wildman–Crippen LogP) is 0.288. The van der Waals surface area contributed by atoms with E-state index in [2.05, 4.69) is 29.1 Å². The van der Waals surface area contributed by atoms with Crippen LogP contribution in [0, 0.1) is 0 Å². The van der Waals surface area contributed by atoms with Crippen LogP contribution in [0.3, 0.4) is 0 Å². The van der Waals surface area contributed by atoms with Gasteiger partial charge in [-0.25, -0.2) is 0 Å². The minimum absolute atomic E-state index is 0.0835. The molecule has 5 nitrogen and oxygen atoms in total. The zero-order chi connectivity index (χ0) is 13.7. The molecule has 0 saturated heterocycles. The van der Waals surface area contributed by atoms with Crippen LogP contribution in [-0.4, -0.2) is 43.9 Å². The van der Waals surface area contributed by atoms with Crippen LogP contribution in [0.1, 0.15) is 12.8 Å². The van der Waals surface area contributed by atoms with Crippen molar-refractivity contribution in [2.45, 2.75) is 12.8 Å². The van der Waals surface area contributed by atoms with Crippen LogP contribution in [-0.2, 0) is 9.59 Å². The summed E-state index contributed by atoms with van der Waals surface area (Å²) < 4.78 is 0. The molecular weight excluding hydrogens is 218 g/mol. The highest BCUT2D eigenvalue weighted by molar-refractivity contribution is 5.86. The number of hydrogen-bond donors (Lipinski definition) is 2. The van der Waals surface area contributed by atoms with E-state index in [1.54, 1.807) is 0 Å². The van der Waals surface area contributed by atoms with Crippen molar-refractivity contribution in [2.75, 3.05) is 27.2 Å². The third-order valence-electron chi connectivity index (χ3n) is 1.72. The van der Waals surface area contributed by atoms with Gasteiger partial charge in [0, 0.05) is 6.54 Å². The summed E-state index contributed by atoms with van der Waals surface area (Å²) in [5.74, 6) is -0.565. The standard InChI is InChI=1S/C9H18N2O.C3H5NO/c1-4-9(12)10-7-5-6-8-11(2)3;1-2-3(4)5/h4H,1,5-8H2,2-3H3,(H,10,12);2H,1H2,(H2,4,5). The summed E-state index contributed by atoms with van der Waals surface area (Å²) in [6.45, 7) is 8.28. The number of nitrogens with zero attached hydrogens (tertiary/aromatic N) is 1. The first-order chi connectivity index (χ1) is 7.93. The van der Waals surface area contributed by atoms with E-state index in [0.29, 0.717) is 0 Å². The smallest absolute Gasteiger partial charge is 0.243 e. The average molecular weight is 241 g/mol. The molecule has 0 heterocycles. The topological polar surface area (TPSA) is 75.4 Å². The lowest BCUT2D eigenvalue weighted by molar-refractivity contribution is -0.116. The van der Waals surface area contributed by atoms with Gasteiger partial charge in [0.05, 0.1) is 0 Å². The van der Waals surface area contributed by atoms with Crippen LogP contribution < -0.4 is 11.1 Å². The van der Waals surface area contributed by atoms with Crippen LogP contribution in [0.4, 0.5) is 0 Å². The van der Waals surface area contributed by atoms with E-state index < -0.39 is 5.91 Å². The zero-order valence-electron chi connectivity index (χ0n) is 10.7. The maximum absolute atomic E-state index is 10.7. The van der Waals surface area contributed by atoms with Gasteiger partial charge in [0.25, 0.3) is 0 Å². The second-order valence-electron chi connectivity index (χ2n) is 3.61. The fourth-order valence-electron chi connectivity index (χ4n) is 0.837. The molecule has 98 valence electrons. The third-order valence-corrected chi connectivity index (χ3v) is 1.72. The van der Waals surface area contributed by atoms with Gasteiger partial charge < -0.3 is 16.0 Å². The van der Waals surface area contributed by atoms with Crippen LogP contribution in [0.15, 0.2) is 25.3 Å². The quantitative estimate of drug-likeness (QED) is 0.497. The molecule has 0 radical (unpaired) electrons. The Morgan fingerprint density at radius 1 is 1.24 bits per heavy atom. The van der Waals surface area contributed by atoms with Crippen molar-refractivity contribution in [3.05, 3.63) is 25.3 Å². The fourth-order valence-corrected chi connectivity index (χ4v) is 0.837. The summed E-state index contributed by atoms with van der Waals surface area (Å²) in [7, 11) is 4.09. The lowest BCUT2D eigenvalue weighted by atomic mass is 10.3. The summed E-state index contributed by atoms with van der Waals surface area (Å²) in [6, 6.07) is 0. The van der Waals surface area contributed by atoms with Crippen molar-refractivity contribution in [1.82, 2.24) is 10.2 Å². The van der Waals surface area contributed by atoms with Gasteiger partial charge in [-0.2, -0.15) is 0 Å². The van der Waals surface area contributed by atoms with Crippen LogP contribution in [0.2, 0.25) is 0 Å². The summed E-state index contributed by atoms with van der Waals surface area (Å²) >= 11 is 0. The first-order valence-corrected chi connectivity index (χ1v) is 5.40. The van der Waals surface area contributed by atoms with Gasteiger partial charge in [0.1, 0.15) is 0 Å². The normalized spacial score (nSPS) is 8.88. The van der Waals surface area contributed by atoms with Gasteiger partial charge in [0.2, 0.25) is 11.8 Å². The highest BCUT2D eigenvalue weighted by Crippen LogP contribution is 1.88. The van der Waals surface area contributed by atoms with Crippen molar-refractivity contribution >= 4 is 11.8 Å². The number of carbonyl (C=O) groups excluding carboxylic acids is 2. The Balaban J connectivity index is 0. The first-order valence-electron chi connectivity index (χ1n) is 5.40. The minimum Gasteiger partial charge on any atom is -0.366 e. The third kappa shape index (κ3) is 20.5. The lowest BCUT2D eigenvalue weighted by Gasteiger charge is -2.08. The number of primary amides is 1. The molecule has 0 aliphatic carbocycles. The number of rotatable bonds is 7. The van der Waals surface area contributed by atoms with Gasteiger partial charge in [-0.15, -0.1) is 0 Å². The molecule has 0 unspecified atom stereocenters. The van der Waals surface area contributed by atoms with Crippen LogP contribution >= 0.6 is 0 Å². The largest absolute Gasteiger partial charge is 0.366 e. The average Bonchev–Trinajstić information content (AvgIpc) is 2.28. The summed E-state index contributed by atoms with van der Waals surface area (Å²) in [5.41, 5.74) is 4.53. The Labute approximate surface area is 103 Å². The van der Waals surface area contributed by atoms with E-state index in [-0.39, 0.29) is 5.91 Å². The van der Waals surface area contributed by atoms with Crippen molar-refractivity contribution in [1.29, 1.82) is 0 Å². The molecule has 0 spiro atoms. The molecule has 0 aromatic heterocycles. The highest BCUT2D eigenvalue weighted by atomic mass is 16.1. The maximum atomic E-state index is 10.7. The molecule has 0 fully saturated rings. The first kappa shape index (κ1) is 17.8. The maximum Gasteiger partial charge on any atom is 0.243 e. The summed E-state index contributed by atoms with van der Waals surface area (Å²) in [4.78, 5) is 22.3. The Bertz CT molecular complexity index is 250. The van der Waals surface area contributed by atoms with Crippen molar-refractivity contribution in [3.63, 3.8) is 0 Å². The number of unbranched alkanes of at least 4 members (excludes halogenated alkanes) is 1. The van der Waals surface area contributed by atoms with Gasteiger partial charge in [-0.1, -0.05) is 13.2 Å². The Hall–Kier alpha value is -1.62. The van der Waals surface area contributed by atoms with Gasteiger partial charge in [-0.3, -0.25) is 9.59 Å². The van der Waals surface area contributed by atoms with Crippen LogP contribution in [0.5, 0.6) is 0 Å². The Kier molecular flexibility index (Phi) is 13.0. The minimum atomic E-state index is -0.481. The van der Waals surface area contributed by atoms with Crippen molar-refractivity contribution in [2.24, 2.45) is 5.73 Å². The molecule has 5 heteroatoms. The Morgan fingerprint density at radius 2 is 1.76 bits per heavy atom. The molecule has 17 heavy (non-hydrogen) atoms. The molecule has 0 aliphatic rings. The molecule has 2 amide bonds. The van der Waals surface area contributed by atoms with Crippen molar-refractivity contribution < 1.29 is 9.59 Å².